The third-order valence-corrected chi connectivity index (χ3v) is 3.20. The zero-order valence-electron chi connectivity index (χ0n) is 12.9. The minimum absolute atomic E-state index is 0.116. The van der Waals surface area contributed by atoms with Crippen molar-refractivity contribution in [1.29, 1.82) is 0 Å². The second kappa shape index (κ2) is 7.87. The number of hydrogen-bond acceptors (Lipinski definition) is 6. The van der Waals surface area contributed by atoms with E-state index in [1.807, 2.05) is 19.1 Å². The van der Waals surface area contributed by atoms with Crippen molar-refractivity contribution in [3.8, 4) is 5.75 Å². The third kappa shape index (κ3) is 4.64. The summed E-state index contributed by atoms with van der Waals surface area (Å²) in [4.78, 5) is 33.5. The second-order valence-electron chi connectivity index (χ2n) is 4.94. The molecule has 2 aromatic rings. The number of ketones is 1. The maximum atomic E-state index is 11.9. The van der Waals surface area contributed by atoms with Gasteiger partial charge in [0.05, 0.1) is 4.92 Å². The van der Waals surface area contributed by atoms with Gasteiger partial charge in [0, 0.05) is 17.7 Å². The smallest absolute Gasteiger partial charge is 0.344 e. The Morgan fingerprint density at radius 3 is 2.33 bits per heavy atom. The first-order valence-corrected chi connectivity index (χ1v) is 7.09. The number of para-hydroxylation sites is 1. The van der Waals surface area contributed by atoms with Crippen LogP contribution in [0.5, 0.6) is 5.75 Å². The Bertz CT molecular complexity index is 754. The number of nitrogens with zero attached hydrogens (tertiary/aromatic N) is 1. The number of carbonyl (C=O) groups is 2. The van der Waals surface area contributed by atoms with Gasteiger partial charge in [0.25, 0.3) is 5.69 Å². The van der Waals surface area contributed by atoms with Crippen LogP contribution in [0.3, 0.4) is 0 Å². The van der Waals surface area contributed by atoms with Crippen LogP contribution < -0.4 is 4.74 Å². The molecule has 0 unspecified atom stereocenters. The molecule has 0 heterocycles. The number of aryl methyl sites for hydroxylation is 1. The first-order chi connectivity index (χ1) is 11.5. The molecule has 0 N–H and O–H groups in total. The summed E-state index contributed by atoms with van der Waals surface area (Å²) in [7, 11) is 0. The standard InChI is InChI=1S/C17H15NO6/c1-12-4-2-3-5-16(12)23-11-17(20)24-10-15(19)13-6-8-14(9-7-13)18(21)22/h2-9H,10-11H2,1H3. The van der Waals surface area contributed by atoms with E-state index in [0.717, 1.165) is 5.56 Å². The number of hydrogen-bond donors (Lipinski definition) is 0. The van der Waals surface area contributed by atoms with E-state index in [-0.39, 0.29) is 17.9 Å². The van der Waals surface area contributed by atoms with E-state index in [1.54, 1.807) is 12.1 Å². The normalized spacial score (nSPS) is 10.0. The topological polar surface area (TPSA) is 95.7 Å². The van der Waals surface area contributed by atoms with Crippen LogP contribution in [0.15, 0.2) is 48.5 Å². The predicted molar refractivity (Wildman–Crippen MR) is 85.1 cm³/mol. The van der Waals surface area contributed by atoms with E-state index in [0.29, 0.717) is 5.75 Å². The van der Waals surface area contributed by atoms with Crippen molar-refractivity contribution in [1.82, 2.24) is 0 Å². The Hall–Kier alpha value is -3.22. The Kier molecular flexibility index (Phi) is 5.62. The largest absolute Gasteiger partial charge is 0.482 e. The number of carbonyl (C=O) groups excluding carboxylic acids is 2. The van der Waals surface area contributed by atoms with Gasteiger partial charge in [-0.25, -0.2) is 4.79 Å². The average Bonchev–Trinajstić information content (AvgIpc) is 2.59. The van der Waals surface area contributed by atoms with Crippen LogP contribution >= 0.6 is 0 Å². The van der Waals surface area contributed by atoms with Crippen molar-refractivity contribution in [2.45, 2.75) is 6.92 Å². The molecule has 0 spiro atoms. The van der Waals surface area contributed by atoms with Crippen LogP contribution in [0, 0.1) is 17.0 Å². The molecule has 0 aliphatic carbocycles. The van der Waals surface area contributed by atoms with Crippen molar-refractivity contribution in [2.75, 3.05) is 13.2 Å². The molecule has 0 bridgehead atoms. The summed E-state index contributed by atoms with van der Waals surface area (Å²) < 4.78 is 10.2. The number of benzene rings is 2. The highest BCUT2D eigenvalue weighted by Crippen LogP contribution is 2.16. The molecule has 0 aromatic heterocycles. The van der Waals surface area contributed by atoms with Crippen LogP contribution in [0.2, 0.25) is 0 Å². The fraction of sp³-hybridized carbons (Fsp3) is 0.176. The van der Waals surface area contributed by atoms with Gasteiger partial charge in [-0.05, 0) is 30.7 Å². The minimum Gasteiger partial charge on any atom is -0.482 e. The van der Waals surface area contributed by atoms with E-state index in [9.17, 15) is 19.7 Å². The molecule has 0 radical (unpaired) electrons. The van der Waals surface area contributed by atoms with Crippen molar-refractivity contribution in [2.24, 2.45) is 0 Å². The number of Topliss-reactive ketones (excluding diaryl/α,β-unsaturated/α-hetero) is 1. The van der Waals surface area contributed by atoms with Crippen molar-refractivity contribution in [3.63, 3.8) is 0 Å². The van der Waals surface area contributed by atoms with Crippen LogP contribution in [0.25, 0.3) is 0 Å². The van der Waals surface area contributed by atoms with E-state index >= 15 is 0 Å². The molecule has 0 saturated heterocycles. The quantitative estimate of drug-likeness (QED) is 0.335. The molecule has 0 aliphatic heterocycles. The first kappa shape index (κ1) is 17.1. The molecular weight excluding hydrogens is 314 g/mol. The number of esters is 1. The highest BCUT2D eigenvalue weighted by atomic mass is 16.6. The number of nitro groups is 1. The highest BCUT2D eigenvalue weighted by molar-refractivity contribution is 5.98. The molecule has 0 aliphatic rings. The van der Waals surface area contributed by atoms with Gasteiger partial charge < -0.3 is 9.47 Å². The van der Waals surface area contributed by atoms with Crippen molar-refractivity contribution in [3.05, 3.63) is 69.8 Å². The molecule has 124 valence electrons. The predicted octanol–water partition coefficient (Wildman–Crippen LogP) is 2.71. The Morgan fingerprint density at radius 2 is 1.71 bits per heavy atom. The lowest BCUT2D eigenvalue weighted by Crippen LogP contribution is -2.19. The van der Waals surface area contributed by atoms with Gasteiger partial charge in [-0.2, -0.15) is 0 Å². The van der Waals surface area contributed by atoms with Crippen molar-refractivity contribution >= 4 is 17.4 Å². The molecule has 7 nitrogen and oxygen atoms in total. The monoisotopic (exact) mass is 329 g/mol. The van der Waals surface area contributed by atoms with Gasteiger partial charge in [0.15, 0.2) is 19.0 Å². The van der Waals surface area contributed by atoms with Crippen LogP contribution in [0.1, 0.15) is 15.9 Å². The zero-order valence-corrected chi connectivity index (χ0v) is 12.9. The summed E-state index contributed by atoms with van der Waals surface area (Å²) in [6, 6.07) is 12.3. The molecule has 0 amide bonds. The second-order valence-corrected chi connectivity index (χ2v) is 4.94. The fourth-order valence-electron chi connectivity index (χ4n) is 1.90. The molecule has 0 fully saturated rings. The van der Waals surface area contributed by atoms with E-state index in [4.69, 9.17) is 9.47 Å². The van der Waals surface area contributed by atoms with Gasteiger partial charge in [-0.1, -0.05) is 18.2 Å². The summed E-state index contributed by atoms with van der Waals surface area (Å²) in [5.74, 6) is -0.557. The third-order valence-electron chi connectivity index (χ3n) is 3.20. The van der Waals surface area contributed by atoms with Crippen LogP contribution in [-0.4, -0.2) is 29.9 Å². The highest BCUT2D eigenvalue weighted by Gasteiger charge is 2.13. The van der Waals surface area contributed by atoms with Gasteiger partial charge in [-0.3, -0.25) is 14.9 Å². The van der Waals surface area contributed by atoms with Crippen LogP contribution in [-0.2, 0) is 9.53 Å². The number of nitro benzene ring substituents is 1. The average molecular weight is 329 g/mol. The molecule has 2 aromatic carbocycles. The van der Waals surface area contributed by atoms with Gasteiger partial charge in [0.2, 0.25) is 0 Å². The summed E-state index contributed by atoms with van der Waals surface area (Å²) in [6.45, 7) is 1.09. The minimum atomic E-state index is -0.673. The summed E-state index contributed by atoms with van der Waals surface area (Å²) in [5, 5.41) is 10.5. The van der Waals surface area contributed by atoms with Gasteiger partial charge in [-0.15, -0.1) is 0 Å². The molecule has 7 heteroatoms. The number of rotatable bonds is 7. The Balaban J connectivity index is 1.81. The summed E-state index contributed by atoms with van der Waals surface area (Å²) in [5.41, 5.74) is 0.996. The lowest BCUT2D eigenvalue weighted by Gasteiger charge is -2.08. The molecular formula is C17H15NO6. The van der Waals surface area contributed by atoms with Gasteiger partial charge in [0.1, 0.15) is 5.75 Å². The van der Waals surface area contributed by atoms with E-state index in [2.05, 4.69) is 0 Å². The molecule has 2 rings (SSSR count). The van der Waals surface area contributed by atoms with Crippen LogP contribution in [0.4, 0.5) is 5.69 Å². The maximum Gasteiger partial charge on any atom is 0.344 e. The zero-order chi connectivity index (χ0) is 17.5. The van der Waals surface area contributed by atoms with E-state index in [1.165, 1.54) is 24.3 Å². The van der Waals surface area contributed by atoms with E-state index < -0.39 is 23.3 Å². The van der Waals surface area contributed by atoms with Gasteiger partial charge >= 0.3 is 5.97 Å². The fourth-order valence-corrected chi connectivity index (χ4v) is 1.90. The summed E-state index contributed by atoms with van der Waals surface area (Å²) in [6.07, 6.45) is 0. The lowest BCUT2D eigenvalue weighted by molar-refractivity contribution is -0.384. The number of non-ortho nitro benzene ring substituents is 1. The SMILES string of the molecule is Cc1ccccc1OCC(=O)OCC(=O)c1ccc([N+](=O)[O-])cc1. The molecule has 0 atom stereocenters. The Labute approximate surface area is 138 Å². The first-order valence-electron chi connectivity index (χ1n) is 7.09. The molecule has 24 heavy (non-hydrogen) atoms. The summed E-state index contributed by atoms with van der Waals surface area (Å²) >= 11 is 0. The van der Waals surface area contributed by atoms with Crippen molar-refractivity contribution < 1.29 is 24.0 Å². The maximum absolute atomic E-state index is 11.9. The Morgan fingerprint density at radius 1 is 1.04 bits per heavy atom. The molecule has 0 saturated carbocycles. The lowest BCUT2D eigenvalue weighted by atomic mass is 10.1. The number of ether oxygens (including phenoxy) is 2.